The Bertz CT molecular complexity index is 476. The molecule has 4 heteroatoms. The van der Waals surface area contributed by atoms with Crippen LogP contribution >= 0.6 is 0 Å². The molecule has 3 N–H and O–H groups in total. The molecular weight excluding hydrogens is 240 g/mol. The number of amides is 1. The predicted octanol–water partition coefficient (Wildman–Crippen LogP) is 2.46. The number of hydrogen-bond acceptors (Lipinski definition) is 3. The second-order valence-electron chi connectivity index (χ2n) is 6.36. The number of carbonyl (C=O) groups is 1. The van der Waals surface area contributed by atoms with E-state index < -0.39 is 6.04 Å². The van der Waals surface area contributed by atoms with E-state index in [1.165, 1.54) is 0 Å². The third kappa shape index (κ3) is 3.00. The highest BCUT2D eigenvalue weighted by molar-refractivity contribution is 5.81. The summed E-state index contributed by atoms with van der Waals surface area (Å²) in [5.74, 6) is 1.83. The zero-order chi connectivity index (χ0) is 14.2. The number of hydrogen-bond donors (Lipinski definition) is 2. The van der Waals surface area contributed by atoms with Crippen LogP contribution in [0, 0.1) is 12.3 Å². The number of aryl methyl sites for hydroxylation is 1. The molecular formula is C15H24N2O2. The summed E-state index contributed by atoms with van der Waals surface area (Å²) in [5.41, 5.74) is 7.04. The van der Waals surface area contributed by atoms with Gasteiger partial charge in [-0.2, -0.15) is 0 Å². The molecule has 1 aromatic heterocycles. The van der Waals surface area contributed by atoms with Gasteiger partial charge in [-0.3, -0.25) is 4.79 Å². The number of carbonyl (C=O) groups excluding carboxylic acids is 1. The molecule has 0 aliphatic heterocycles. The SMILES string of the molecule is CC[C@@H](N)C(=O)NC1CC(C)(C)Cc2oc(C)cc21. The lowest BCUT2D eigenvalue weighted by atomic mass is 9.74. The van der Waals surface area contributed by atoms with Crippen LogP contribution in [0.15, 0.2) is 10.5 Å². The van der Waals surface area contributed by atoms with Gasteiger partial charge in [0.2, 0.25) is 5.91 Å². The average molecular weight is 264 g/mol. The van der Waals surface area contributed by atoms with Crippen molar-refractivity contribution < 1.29 is 9.21 Å². The fourth-order valence-corrected chi connectivity index (χ4v) is 2.78. The van der Waals surface area contributed by atoms with E-state index in [1.807, 2.05) is 19.9 Å². The van der Waals surface area contributed by atoms with E-state index in [9.17, 15) is 4.79 Å². The van der Waals surface area contributed by atoms with Gasteiger partial charge in [-0.05, 0) is 31.2 Å². The maximum absolute atomic E-state index is 12.0. The first-order chi connectivity index (χ1) is 8.82. The predicted molar refractivity (Wildman–Crippen MR) is 74.7 cm³/mol. The quantitative estimate of drug-likeness (QED) is 0.881. The van der Waals surface area contributed by atoms with Gasteiger partial charge in [-0.15, -0.1) is 0 Å². The van der Waals surface area contributed by atoms with Crippen LogP contribution in [0.2, 0.25) is 0 Å². The topological polar surface area (TPSA) is 68.3 Å². The molecule has 0 radical (unpaired) electrons. The molecule has 1 aliphatic carbocycles. The van der Waals surface area contributed by atoms with E-state index in [-0.39, 0.29) is 17.4 Å². The molecule has 1 unspecified atom stereocenters. The summed E-state index contributed by atoms with van der Waals surface area (Å²) in [6.45, 7) is 8.27. The zero-order valence-corrected chi connectivity index (χ0v) is 12.2. The van der Waals surface area contributed by atoms with Crippen LogP contribution in [0.3, 0.4) is 0 Å². The maximum Gasteiger partial charge on any atom is 0.237 e. The molecule has 2 atom stereocenters. The van der Waals surface area contributed by atoms with Gasteiger partial charge in [0.25, 0.3) is 0 Å². The Kier molecular flexibility index (Phi) is 3.72. The second-order valence-corrected chi connectivity index (χ2v) is 6.36. The smallest absolute Gasteiger partial charge is 0.237 e. The first kappa shape index (κ1) is 14.1. The lowest BCUT2D eigenvalue weighted by molar-refractivity contribution is -0.123. The molecule has 19 heavy (non-hydrogen) atoms. The van der Waals surface area contributed by atoms with Gasteiger partial charge in [-0.25, -0.2) is 0 Å². The monoisotopic (exact) mass is 264 g/mol. The Labute approximate surface area is 114 Å². The number of fused-ring (bicyclic) bond motifs is 1. The normalized spacial score (nSPS) is 22.7. The molecule has 0 saturated carbocycles. The molecule has 4 nitrogen and oxygen atoms in total. The molecule has 1 amide bonds. The summed E-state index contributed by atoms with van der Waals surface area (Å²) in [7, 11) is 0. The first-order valence-electron chi connectivity index (χ1n) is 6.97. The van der Waals surface area contributed by atoms with Crippen LogP contribution in [0.4, 0.5) is 0 Å². The van der Waals surface area contributed by atoms with Crippen LogP contribution in [0.5, 0.6) is 0 Å². The fourth-order valence-electron chi connectivity index (χ4n) is 2.78. The largest absolute Gasteiger partial charge is 0.466 e. The molecule has 1 heterocycles. The third-order valence-corrected chi connectivity index (χ3v) is 3.83. The number of nitrogens with two attached hydrogens (primary N) is 1. The minimum absolute atomic E-state index is 0.0151. The molecule has 1 aromatic rings. The Morgan fingerprint density at radius 1 is 1.63 bits per heavy atom. The van der Waals surface area contributed by atoms with Crippen molar-refractivity contribution in [2.24, 2.45) is 11.1 Å². The summed E-state index contributed by atoms with van der Waals surface area (Å²) in [5, 5.41) is 3.07. The van der Waals surface area contributed by atoms with Gasteiger partial charge in [0.15, 0.2) is 0 Å². The van der Waals surface area contributed by atoms with Crippen molar-refractivity contribution in [3.05, 3.63) is 23.2 Å². The Balaban J connectivity index is 2.22. The number of nitrogens with one attached hydrogen (secondary N) is 1. The summed E-state index contributed by atoms with van der Waals surface area (Å²) in [6, 6.07) is 1.62. The summed E-state index contributed by atoms with van der Waals surface area (Å²) in [4.78, 5) is 12.0. The summed E-state index contributed by atoms with van der Waals surface area (Å²) >= 11 is 0. The highest BCUT2D eigenvalue weighted by Crippen LogP contribution is 2.41. The Morgan fingerprint density at radius 2 is 2.32 bits per heavy atom. The third-order valence-electron chi connectivity index (χ3n) is 3.83. The van der Waals surface area contributed by atoms with Gasteiger partial charge >= 0.3 is 0 Å². The maximum atomic E-state index is 12.0. The Morgan fingerprint density at radius 3 is 2.95 bits per heavy atom. The molecule has 1 aliphatic rings. The molecule has 0 aromatic carbocycles. The van der Waals surface area contributed by atoms with Gasteiger partial charge in [-0.1, -0.05) is 20.8 Å². The number of furan rings is 1. The van der Waals surface area contributed by atoms with E-state index in [1.54, 1.807) is 0 Å². The minimum Gasteiger partial charge on any atom is -0.466 e. The van der Waals surface area contributed by atoms with Crippen molar-refractivity contribution in [3.8, 4) is 0 Å². The number of rotatable bonds is 3. The van der Waals surface area contributed by atoms with Crippen LogP contribution in [0.25, 0.3) is 0 Å². The van der Waals surface area contributed by atoms with Crippen molar-refractivity contribution in [1.29, 1.82) is 0 Å². The molecule has 0 saturated heterocycles. The van der Waals surface area contributed by atoms with Crippen molar-refractivity contribution in [2.45, 2.75) is 59.0 Å². The summed E-state index contributed by atoms with van der Waals surface area (Å²) in [6.07, 6.45) is 2.49. The van der Waals surface area contributed by atoms with Crippen molar-refractivity contribution in [3.63, 3.8) is 0 Å². The van der Waals surface area contributed by atoms with E-state index in [0.29, 0.717) is 6.42 Å². The standard InChI is InChI=1S/C15H24N2O2/c1-5-11(16)14(18)17-12-7-15(3,4)8-13-10(12)6-9(2)19-13/h6,11-12H,5,7-8,16H2,1-4H3,(H,17,18)/t11-,12?/m1/s1. The zero-order valence-electron chi connectivity index (χ0n) is 12.2. The van der Waals surface area contributed by atoms with Crippen LogP contribution in [-0.4, -0.2) is 11.9 Å². The van der Waals surface area contributed by atoms with E-state index in [0.717, 1.165) is 29.9 Å². The van der Waals surface area contributed by atoms with Crippen molar-refractivity contribution in [1.82, 2.24) is 5.32 Å². The molecule has 106 valence electrons. The Hall–Kier alpha value is -1.29. The molecule has 0 bridgehead atoms. The van der Waals surface area contributed by atoms with Gasteiger partial charge < -0.3 is 15.5 Å². The minimum atomic E-state index is -0.429. The van der Waals surface area contributed by atoms with Crippen molar-refractivity contribution >= 4 is 5.91 Å². The van der Waals surface area contributed by atoms with E-state index >= 15 is 0 Å². The summed E-state index contributed by atoms with van der Waals surface area (Å²) < 4.78 is 5.76. The lowest BCUT2D eigenvalue weighted by Gasteiger charge is -2.35. The van der Waals surface area contributed by atoms with Crippen LogP contribution in [0.1, 0.15) is 56.7 Å². The fraction of sp³-hybridized carbons (Fsp3) is 0.667. The van der Waals surface area contributed by atoms with E-state index in [4.69, 9.17) is 10.2 Å². The van der Waals surface area contributed by atoms with Crippen molar-refractivity contribution in [2.75, 3.05) is 0 Å². The average Bonchev–Trinajstić information content (AvgIpc) is 2.66. The first-order valence-corrected chi connectivity index (χ1v) is 6.97. The van der Waals surface area contributed by atoms with Gasteiger partial charge in [0, 0.05) is 12.0 Å². The second kappa shape index (κ2) is 5.00. The van der Waals surface area contributed by atoms with Gasteiger partial charge in [0.05, 0.1) is 12.1 Å². The molecule has 0 spiro atoms. The lowest BCUT2D eigenvalue weighted by Crippen LogP contribution is -2.44. The highest BCUT2D eigenvalue weighted by Gasteiger charge is 2.35. The highest BCUT2D eigenvalue weighted by atomic mass is 16.3. The molecule has 0 fully saturated rings. The molecule has 2 rings (SSSR count). The van der Waals surface area contributed by atoms with Gasteiger partial charge in [0.1, 0.15) is 11.5 Å². The van der Waals surface area contributed by atoms with Crippen LogP contribution in [-0.2, 0) is 11.2 Å². The van der Waals surface area contributed by atoms with E-state index in [2.05, 4.69) is 19.2 Å². The van der Waals surface area contributed by atoms with Crippen LogP contribution < -0.4 is 11.1 Å².